The van der Waals surface area contributed by atoms with Crippen molar-refractivity contribution in [3.8, 4) is 11.3 Å². The molecule has 0 aliphatic carbocycles. The topological polar surface area (TPSA) is 33.2 Å². The molecule has 0 atom stereocenters. The predicted molar refractivity (Wildman–Crippen MR) is 172 cm³/mol. The molecule has 5 aromatic rings. The van der Waals surface area contributed by atoms with Crippen LogP contribution < -0.4 is 4.90 Å². The van der Waals surface area contributed by atoms with Gasteiger partial charge in [0.05, 0.1) is 10.6 Å². The Bertz CT molecular complexity index is 1650. The number of nitrogens with zero attached hydrogens (tertiary/aromatic N) is 2. The zero-order valence-electron chi connectivity index (χ0n) is 22.9. The van der Waals surface area contributed by atoms with E-state index in [0.29, 0.717) is 5.56 Å². The minimum atomic E-state index is -0.0188. The summed E-state index contributed by atoms with van der Waals surface area (Å²) in [5.41, 5.74) is 6.75. The van der Waals surface area contributed by atoms with Gasteiger partial charge in [-0.3, -0.25) is 4.79 Å². The maximum Gasteiger partial charge on any atom is 0.186 e. The molecule has 0 radical (unpaired) electrons. The molecule has 1 aromatic heterocycles. The lowest BCUT2D eigenvalue weighted by molar-refractivity contribution is 0.104. The van der Waals surface area contributed by atoms with Gasteiger partial charge >= 0.3 is 0 Å². The van der Waals surface area contributed by atoms with Gasteiger partial charge < -0.3 is 4.90 Å². The molecule has 41 heavy (non-hydrogen) atoms. The number of thiazole rings is 1. The summed E-state index contributed by atoms with van der Waals surface area (Å²) in [6.45, 7) is 2.07. The first-order valence-corrected chi connectivity index (χ1v) is 15.0. The highest BCUT2D eigenvalue weighted by molar-refractivity contribution is 7.17. The van der Waals surface area contributed by atoms with E-state index in [9.17, 15) is 4.79 Å². The first-order valence-electron chi connectivity index (χ1n) is 14.2. The SMILES string of the molecule is O=C(/C=C(/C=C(\c1ccccc1)c1sc(N2CCCCC2)nc1-c1ccccc1)c1ccccc1)c1ccccc1. The average molecular weight is 553 g/mol. The number of hydrogen-bond donors (Lipinski definition) is 0. The lowest BCUT2D eigenvalue weighted by atomic mass is 9.94. The smallest absolute Gasteiger partial charge is 0.186 e. The highest BCUT2D eigenvalue weighted by Crippen LogP contribution is 2.42. The first-order chi connectivity index (χ1) is 20.3. The number of ketones is 1. The molecular formula is C37H32N2OS. The van der Waals surface area contributed by atoms with E-state index in [4.69, 9.17) is 4.98 Å². The van der Waals surface area contributed by atoms with Crippen molar-refractivity contribution in [1.29, 1.82) is 0 Å². The van der Waals surface area contributed by atoms with Crippen molar-refractivity contribution in [2.45, 2.75) is 19.3 Å². The van der Waals surface area contributed by atoms with Gasteiger partial charge in [0.15, 0.2) is 10.9 Å². The minimum absolute atomic E-state index is 0.0188. The maximum absolute atomic E-state index is 13.5. The zero-order valence-corrected chi connectivity index (χ0v) is 23.8. The van der Waals surface area contributed by atoms with Crippen molar-refractivity contribution in [3.05, 3.63) is 155 Å². The molecular weight excluding hydrogens is 520 g/mol. The van der Waals surface area contributed by atoms with E-state index in [2.05, 4.69) is 71.6 Å². The fourth-order valence-corrected chi connectivity index (χ4v) is 6.40. The van der Waals surface area contributed by atoms with E-state index in [1.807, 2.05) is 60.7 Å². The Balaban J connectivity index is 1.56. The third kappa shape index (κ3) is 6.29. The van der Waals surface area contributed by atoms with Crippen LogP contribution in [0.1, 0.15) is 45.6 Å². The molecule has 1 saturated heterocycles. The molecule has 0 N–H and O–H groups in total. The van der Waals surface area contributed by atoms with Gasteiger partial charge in [0, 0.05) is 29.8 Å². The van der Waals surface area contributed by atoms with Gasteiger partial charge in [-0.1, -0.05) is 133 Å². The van der Waals surface area contributed by atoms with Crippen LogP contribution in [-0.4, -0.2) is 23.9 Å². The van der Waals surface area contributed by atoms with Gasteiger partial charge in [-0.2, -0.15) is 0 Å². The van der Waals surface area contributed by atoms with Crippen LogP contribution in [0.2, 0.25) is 0 Å². The zero-order chi connectivity index (χ0) is 27.9. The van der Waals surface area contributed by atoms with Crippen molar-refractivity contribution >= 4 is 33.4 Å². The fourth-order valence-electron chi connectivity index (χ4n) is 5.22. The third-order valence-electron chi connectivity index (χ3n) is 7.37. The fraction of sp³-hybridized carbons (Fsp3) is 0.135. The van der Waals surface area contributed by atoms with Gasteiger partial charge in [0.25, 0.3) is 0 Å². The van der Waals surface area contributed by atoms with Crippen LogP contribution in [0, 0.1) is 0 Å². The maximum atomic E-state index is 13.5. The van der Waals surface area contributed by atoms with Crippen molar-refractivity contribution in [2.75, 3.05) is 18.0 Å². The van der Waals surface area contributed by atoms with Crippen LogP contribution in [0.5, 0.6) is 0 Å². The summed E-state index contributed by atoms with van der Waals surface area (Å²) in [5, 5.41) is 1.06. The summed E-state index contributed by atoms with van der Waals surface area (Å²) in [4.78, 5) is 22.3. The highest BCUT2D eigenvalue weighted by atomic mass is 32.1. The number of piperidine rings is 1. The Labute approximate surface area is 246 Å². The first kappa shape index (κ1) is 26.7. The van der Waals surface area contributed by atoms with E-state index < -0.39 is 0 Å². The van der Waals surface area contributed by atoms with E-state index in [-0.39, 0.29) is 5.78 Å². The van der Waals surface area contributed by atoms with Crippen LogP contribution in [-0.2, 0) is 0 Å². The lowest BCUT2D eigenvalue weighted by Crippen LogP contribution is -2.29. The summed E-state index contributed by atoms with van der Waals surface area (Å²) in [7, 11) is 0. The number of carbonyl (C=O) groups is 1. The molecule has 202 valence electrons. The molecule has 2 heterocycles. The number of benzene rings is 4. The molecule has 4 heteroatoms. The normalized spacial score (nSPS) is 14.2. The molecule has 0 unspecified atom stereocenters. The predicted octanol–water partition coefficient (Wildman–Crippen LogP) is 9.20. The monoisotopic (exact) mass is 552 g/mol. The van der Waals surface area contributed by atoms with E-state index >= 15 is 0 Å². The highest BCUT2D eigenvalue weighted by Gasteiger charge is 2.23. The second-order valence-corrected chi connectivity index (χ2v) is 11.2. The van der Waals surface area contributed by atoms with E-state index in [1.165, 1.54) is 19.3 Å². The molecule has 4 aromatic carbocycles. The van der Waals surface area contributed by atoms with Gasteiger partial charge in [-0.25, -0.2) is 4.98 Å². The molecule has 0 bridgehead atoms. The number of allylic oxidation sites excluding steroid dienone is 3. The van der Waals surface area contributed by atoms with Crippen molar-refractivity contribution < 1.29 is 4.79 Å². The van der Waals surface area contributed by atoms with Gasteiger partial charge in [0.1, 0.15) is 0 Å². The second-order valence-electron chi connectivity index (χ2n) is 10.2. The second kappa shape index (κ2) is 12.8. The number of carbonyl (C=O) groups excluding carboxylic acids is 1. The lowest BCUT2D eigenvalue weighted by Gasteiger charge is -2.25. The number of rotatable bonds is 8. The average Bonchev–Trinajstić information content (AvgIpc) is 3.50. The van der Waals surface area contributed by atoms with Crippen LogP contribution in [0.25, 0.3) is 22.4 Å². The summed E-state index contributed by atoms with van der Waals surface area (Å²) >= 11 is 1.75. The van der Waals surface area contributed by atoms with Crippen LogP contribution in [0.4, 0.5) is 5.13 Å². The Morgan fingerprint density at radius 2 is 1.17 bits per heavy atom. The molecule has 1 aliphatic rings. The van der Waals surface area contributed by atoms with Gasteiger partial charge in [-0.05, 0) is 48.1 Å². The molecule has 0 saturated carbocycles. The van der Waals surface area contributed by atoms with Crippen molar-refractivity contribution in [2.24, 2.45) is 0 Å². The minimum Gasteiger partial charge on any atom is -0.348 e. The van der Waals surface area contributed by atoms with E-state index in [0.717, 1.165) is 56.6 Å². The van der Waals surface area contributed by atoms with Gasteiger partial charge in [-0.15, -0.1) is 0 Å². The number of aromatic nitrogens is 1. The Kier molecular flexibility index (Phi) is 8.30. The molecule has 1 fully saturated rings. The quantitative estimate of drug-likeness (QED) is 0.109. The molecule has 0 spiro atoms. The summed E-state index contributed by atoms with van der Waals surface area (Å²) in [5.74, 6) is -0.0188. The van der Waals surface area contributed by atoms with Crippen molar-refractivity contribution in [1.82, 2.24) is 4.98 Å². The summed E-state index contributed by atoms with van der Waals surface area (Å²) in [6.07, 6.45) is 7.60. The van der Waals surface area contributed by atoms with E-state index in [1.54, 1.807) is 17.4 Å². The Hall–Kier alpha value is -4.54. The van der Waals surface area contributed by atoms with Crippen molar-refractivity contribution in [3.63, 3.8) is 0 Å². The molecule has 1 aliphatic heterocycles. The number of hydrogen-bond acceptors (Lipinski definition) is 4. The summed E-state index contributed by atoms with van der Waals surface area (Å²) in [6, 6.07) is 40.5. The largest absolute Gasteiger partial charge is 0.348 e. The standard InChI is InChI=1S/C37H32N2OS/c40-34(30-20-10-3-11-21-30)27-32(28-16-6-1-7-17-28)26-33(29-18-8-2-9-19-29)36-35(31-22-12-4-13-23-31)38-37(41-36)39-24-14-5-15-25-39/h1-4,6-13,16-23,26-27H,5,14-15,24-25H2/b32-27-,33-26+. The van der Waals surface area contributed by atoms with Crippen LogP contribution in [0.15, 0.2) is 133 Å². The Morgan fingerprint density at radius 1 is 0.634 bits per heavy atom. The summed E-state index contributed by atoms with van der Waals surface area (Å²) < 4.78 is 0. The third-order valence-corrected chi connectivity index (χ3v) is 8.52. The molecule has 3 nitrogen and oxygen atoms in total. The molecule has 6 rings (SSSR count). The molecule has 0 amide bonds. The Morgan fingerprint density at radius 3 is 1.78 bits per heavy atom. The van der Waals surface area contributed by atoms with Crippen LogP contribution >= 0.6 is 11.3 Å². The van der Waals surface area contributed by atoms with Crippen LogP contribution in [0.3, 0.4) is 0 Å². The van der Waals surface area contributed by atoms with Gasteiger partial charge in [0.2, 0.25) is 0 Å². The number of anilines is 1.